The summed E-state index contributed by atoms with van der Waals surface area (Å²) in [6.07, 6.45) is 1.73. The summed E-state index contributed by atoms with van der Waals surface area (Å²) in [6, 6.07) is 12.1. The van der Waals surface area contributed by atoms with Crippen LogP contribution in [0.15, 0.2) is 42.6 Å². The molecule has 0 aliphatic rings. The fourth-order valence-corrected chi connectivity index (χ4v) is 1.37. The van der Waals surface area contributed by atoms with Crippen molar-refractivity contribution in [2.24, 2.45) is 0 Å². The monoisotopic (exact) mass is 214 g/mol. The van der Waals surface area contributed by atoms with Crippen LogP contribution in [0.25, 0.3) is 0 Å². The summed E-state index contributed by atoms with van der Waals surface area (Å²) in [4.78, 5) is 8.32. The predicted molar refractivity (Wildman–Crippen MR) is 65.3 cm³/mol. The van der Waals surface area contributed by atoms with Gasteiger partial charge in [-0.1, -0.05) is 30.3 Å². The maximum atomic E-state index is 4.27. The molecule has 16 heavy (non-hydrogen) atoms. The molecule has 4 nitrogen and oxygen atoms in total. The van der Waals surface area contributed by atoms with Crippen molar-refractivity contribution >= 4 is 11.8 Å². The Balaban J connectivity index is 1.99. The molecular formula is C12H14N4. The first-order chi connectivity index (χ1) is 7.88. The molecule has 0 radical (unpaired) electrons. The maximum absolute atomic E-state index is 4.27. The highest BCUT2D eigenvalue weighted by Gasteiger charge is 1.96. The van der Waals surface area contributed by atoms with Crippen LogP contribution in [0.4, 0.5) is 11.8 Å². The average Bonchev–Trinajstić information content (AvgIpc) is 2.38. The first kappa shape index (κ1) is 10.4. The van der Waals surface area contributed by atoms with Crippen molar-refractivity contribution < 1.29 is 0 Å². The minimum absolute atomic E-state index is 0.623. The van der Waals surface area contributed by atoms with Crippen LogP contribution in [-0.4, -0.2) is 17.0 Å². The summed E-state index contributed by atoms with van der Waals surface area (Å²) >= 11 is 0. The van der Waals surface area contributed by atoms with E-state index in [2.05, 4.69) is 32.7 Å². The van der Waals surface area contributed by atoms with E-state index in [0.717, 1.165) is 12.4 Å². The zero-order valence-electron chi connectivity index (χ0n) is 9.14. The minimum atomic E-state index is 0.623. The lowest BCUT2D eigenvalue weighted by Crippen LogP contribution is -2.03. The van der Waals surface area contributed by atoms with Crippen LogP contribution in [0.1, 0.15) is 5.56 Å². The Morgan fingerprint density at radius 1 is 1.12 bits per heavy atom. The van der Waals surface area contributed by atoms with Gasteiger partial charge < -0.3 is 10.6 Å². The fraction of sp³-hybridized carbons (Fsp3) is 0.167. The quantitative estimate of drug-likeness (QED) is 0.818. The topological polar surface area (TPSA) is 49.8 Å². The van der Waals surface area contributed by atoms with E-state index in [4.69, 9.17) is 0 Å². The van der Waals surface area contributed by atoms with Crippen molar-refractivity contribution in [2.45, 2.75) is 6.54 Å². The van der Waals surface area contributed by atoms with Gasteiger partial charge in [0, 0.05) is 19.8 Å². The zero-order valence-corrected chi connectivity index (χ0v) is 9.14. The summed E-state index contributed by atoms with van der Waals surface area (Å²) < 4.78 is 0. The number of anilines is 2. The first-order valence-corrected chi connectivity index (χ1v) is 5.17. The standard InChI is InChI=1S/C12H14N4/c1-13-12-14-8-7-11(16-12)15-9-10-5-3-2-4-6-10/h2-8H,9H2,1H3,(H2,13,14,15,16). The minimum Gasteiger partial charge on any atom is -0.366 e. The Bertz CT molecular complexity index is 442. The summed E-state index contributed by atoms with van der Waals surface area (Å²) in [7, 11) is 1.80. The molecule has 1 aromatic heterocycles. The summed E-state index contributed by atoms with van der Waals surface area (Å²) in [5.41, 5.74) is 1.23. The van der Waals surface area contributed by atoms with Crippen LogP contribution in [0.5, 0.6) is 0 Å². The van der Waals surface area contributed by atoms with Gasteiger partial charge in [0.1, 0.15) is 5.82 Å². The number of hydrogen-bond acceptors (Lipinski definition) is 4. The van der Waals surface area contributed by atoms with E-state index in [1.54, 1.807) is 13.2 Å². The molecule has 0 aliphatic heterocycles. The van der Waals surface area contributed by atoms with Gasteiger partial charge >= 0.3 is 0 Å². The molecule has 0 aliphatic carbocycles. The molecule has 2 aromatic rings. The molecule has 1 heterocycles. The maximum Gasteiger partial charge on any atom is 0.224 e. The Hall–Kier alpha value is -2.10. The SMILES string of the molecule is CNc1nccc(NCc2ccccc2)n1. The molecular weight excluding hydrogens is 200 g/mol. The second-order valence-electron chi connectivity index (χ2n) is 3.35. The molecule has 2 N–H and O–H groups in total. The van der Waals surface area contributed by atoms with Crippen molar-refractivity contribution in [1.82, 2.24) is 9.97 Å². The molecule has 0 fully saturated rings. The molecule has 0 amide bonds. The smallest absolute Gasteiger partial charge is 0.224 e. The second-order valence-corrected chi connectivity index (χ2v) is 3.35. The number of nitrogens with one attached hydrogen (secondary N) is 2. The largest absolute Gasteiger partial charge is 0.366 e. The van der Waals surface area contributed by atoms with E-state index in [0.29, 0.717) is 5.95 Å². The lowest BCUT2D eigenvalue weighted by Gasteiger charge is -2.06. The van der Waals surface area contributed by atoms with Gasteiger partial charge in [0.2, 0.25) is 5.95 Å². The lowest BCUT2D eigenvalue weighted by molar-refractivity contribution is 1.08. The van der Waals surface area contributed by atoms with Crippen molar-refractivity contribution in [2.75, 3.05) is 17.7 Å². The molecule has 0 unspecified atom stereocenters. The molecule has 0 saturated carbocycles. The fourth-order valence-electron chi connectivity index (χ4n) is 1.37. The highest BCUT2D eigenvalue weighted by atomic mass is 15.1. The Kier molecular flexibility index (Phi) is 3.33. The van der Waals surface area contributed by atoms with Gasteiger partial charge in [-0.2, -0.15) is 4.98 Å². The molecule has 0 spiro atoms. The zero-order chi connectivity index (χ0) is 11.2. The van der Waals surface area contributed by atoms with Gasteiger partial charge in [-0.15, -0.1) is 0 Å². The van der Waals surface area contributed by atoms with Gasteiger partial charge in [-0.05, 0) is 11.6 Å². The van der Waals surface area contributed by atoms with Gasteiger partial charge in [0.05, 0.1) is 0 Å². The van der Waals surface area contributed by atoms with Crippen molar-refractivity contribution in [1.29, 1.82) is 0 Å². The normalized spacial score (nSPS) is 9.81. The highest BCUT2D eigenvalue weighted by molar-refractivity contribution is 5.39. The van der Waals surface area contributed by atoms with Crippen LogP contribution in [0.2, 0.25) is 0 Å². The Morgan fingerprint density at radius 2 is 1.94 bits per heavy atom. The van der Waals surface area contributed by atoms with E-state index in [-0.39, 0.29) is 0 Å². The molecule has 4 heteroatoms. The van der Waals surface area contributed by atoms with Gasteiger partial charge in [-0.3, -0.25) is 0 Å². The van der Waals surface area contributed by atoms with E-state index in [1.807, 2.05) is 24.3 Å². The summed E-state index contributed by atoms with van der Waals surface area (Å²) in [6.45, 7) is 0.765. The first-order valence-electron chi connectivity index (χ1n) is 5.17. The Labute approximate surface area is 94.8 Å². The number of nitrogens with zero attached hydrogens (tertiary/aromatic N) is 2. The number of benzene rings is 1. The lowest BCUT2D eigenvalue weighted by atomic mass is 10.2. The van der Waals surface area contributed by atoms with E-state index < -0.39 is 0 Å². The number of aromatic nitrogens is 2. The van der Waals surface area contributed by atoms with Crippen LogP contribution in [0, 0.1) is 0 Å². The molecule has 0 bridgehead atoms. The summed E-state index contributed by atoms with van der Waals surface area (Å²) in [5, 5.41) is 6.15. The summed E-state index contributed by atoms with van der Waals surface area (Å²) in [5.74, 6) is 1.45. The van der Waals surface area contributed by atoms with Crippen LogP contribution < -0.4 is 10.6 Å². The third kappa shape index (κ3) is 2.70. The van der Waals surface area contributed by atoms with E-state index >= 15 is 0 Å². The van der Waals surface area contributed by atoms with Crippen molar-refractivity contribution in [3.8, 4) is 0 Å². The number of rotatable bonds is 4. The second kappa shape index (κ2) is 5.11. The van der Waals surface area contributed by atoms with Gasteiger partial charge in [0.25, 0.3) is 0 Å². The molecule has 0 saturated heterocycles. The third-order valence-corrected chi connectivity index (χ3v) is 2.20. The van der Waals surface area contributed by atoms with E-state index in [9.17, 15) is 0 Å². The average molecular weight is 214 g/mol. The van der Waals surface area contributed by atoms with Crippen molar-refractivity contribution in [3.05, 3.63) is 48.2 Å². The van der Waals surface area contributed by atoms with Crippen molar-refractivity contribution in [3.63, 3.8) is 0 Å². The van der Waals surface area contributed by atoms with Crippen LogP contribution >= 0.6 is 0 Å². The van der Waals surface area contributed by atoms with E-state index in [1.165, 1.54) is 5.56 Å². The number of hydrogen-bond donors (Lipinski definition) is 2. The molecule has 1 aromatic carbocycles. The van der Waals surface area contributed by atoms with Gasteiger partial charge in [0.15, 0.2) is 0 Å². The third-order valence-electron chi connectivity index (χ3n) is 2.20. The molecule has 0 atom stereocenters. The predicted octanol–water partition coefficient (Wildman–Crippen LogP) is 2.13. The van der Waals surface area contributed by atoms with Gasteiger partial charge in [-0.25, -0.2) is 4.98 Å². The van der Waals surface area contributed by atoms with Crippen LogP contribution in [-0.2, 0) is 6.54 Å². The molecule has 82 valence electrons. The molecule has 2 rings (SSSR count). The highest BCUT2D eigenvalue weighted by Crippen LogP contribution is 2.07. The van der Waals surface area contributed by atoms with Crippen LogP contribution in [0.3, 0.4) is 0 Å². The Morgan fingerprint density at radius 3 is 2.69 bits per heavy atom.